The lowest BCUT2D eigenvalue weighted by molar-refractivity contribution is 0.0939. The molecule has 1 aromatic heterocycles. The zero-order valence-electron chi connectivity index (χ0n) is 20.7. The predicted molar refractivity (Wildman–Crippen MR) is 145 cm³/mol. The molecule has 8 nitrogen and oxygen atoms in total. The monoisotopic (exact) mass is 518 g/mol. The molecule has 0 fully saturated rings. The largest absolute Gasteiger partial charge is 0.497 e. The third kappa shape index (κ3) is 6.29. The van der Waals surface area contributed by atoms with Crippen molar-refractivity contribution in [1.29, 1.82) is 0 Å². The van der Waals surface area contributed by atoms with Crippen LogP contribution in [0.4, 0.5) is 11.4 Å². The summed E-state index contributed by atoms with van der Waals surface area (Å²) in [5.74, 6) is 1.20. The van der Waals surface area contributed by atoms with Crippen molar-refractivity contribution in [3.05, 3.63) is 99.9 Å². The molecule has 37 heavy (non-hydrogen) atoms. The Morgan fingerprint density at radius 3 is 2.43 bits per heavy atom. The Balaban J connectivity index is 1.73. The van der Waals surface area contributed by atoms with Gasteiger partial charge in [-0.15, -0.1) is 0 Å². The van der Waals surface area contributed by atoms with Crippen LogP contribution >= 0.6 is 11.6 Å². The second-order valence-corrected chi connectivity index (χ2v) is 8.78. The average Bonchev–Trinajstić information content (AvgIpc) is 2.92. The Labute approximate surface area is 219 Å². The molecule has 0 bridgehead atoms. The van der Waals surface area contributed by atoms with E-state index in [-0.39, 0.29) is 23.4 Å². The number of halogens is 1. The summed E-state index contributed by atoms with van der Waals surface area (Å²) in [5.41, 5.74) is 1.26. The zero-order valence-corrected chi connectivity index (χ0v) is 21.5. The van der Waals surface area contributed by atoms with Crippen LogP contribution in [0, 0.1) is 0 Å². The molecule has 0 radical (unpaired) electrons. The zero-order chi connectivity index (χ0) is 26.4. The molecule has 4 aromatic rings. The van der Waals surface area contributed by atoms with Gasteiger partial charge in [0.2, 0.25) is 0 Å². The van der Waals surface area contributed by atoms with Gasteiger partial charge in [-0.25, -0.2) is 0 Å². The van der Waals surface area contributed by atoms with Crippen molar-refractivity contribution >= 4 is 28.9 Å². The van der Waals surface area contributed by atoms with Gasteiger partial charge in [0.1, 0.15) is 11.5 Å². The van der Waals surface area contributed by atoms with E-state index in [9.17, 15) is 9.59 Å². The highest BCUT2D eigenvalue weighted by atomic mass is 35.5. The molecule has 0 aliphatic rings. The standard InChI is InChI=1S/C28H27ClN4O4/c1-4-18(2)31-27(34)19-6-5-7-21(16-19)32-26-25(37-24-14-12-23(36-3)13-15-24)17-30-33(28(26)35)22-10-8-20(29)9-11-22/h5-18,32H,4H2,1-3H3,(H,31,34). The predicted octanol–water partition coefficient (Wildman–Crippen LogP) is 5.96. The number of benzene rings is 3. The number of hydrogen-bond acceptors (Lipinski definition) is 6. The molecule has 1 heterocycles. The average molecular weight is 519 g/mol. The summed E-state index contributed by atoms with van der Waals surface area (Å²) >= 11 is 6.01. The van der Waals surface area contributed by atoms with Gasteiger partial charge in [-0.3, -0.25) is 9.59 Å². The molecule has 4 rings (SSSR count). The maximum atomic E-state index is 13.6. The fourth-order valence-corrected chi connectivity index (χ4v) is 3.59. The third-order valence-electron chi connectivity index (χ3n) is 5.69. The summed E-state index contributed by atoms with van der Waals surface area (Å²) in [6.45, 7) is 3.95. The number of carbonyl (C=O) groups excluding carboxylic acids is 1. The van der Waals surface area contributed by atoms with Crippen molar-refractivity contribution in [2.45, 2.75) is 26.3 Å². The van der Waals surface area contributed by atoms with Gasteiger partial charge in [0.25, 0.3) is 11.5 Å². The van der Waals surface area contributed by atoms with Gasteiger partial charge in [0.05, 0.1) is 19.0 Å². The molecule has 3 aromatic carbocycles. The fraction of sp³-hybridized carbons (Fsp3) is 0.179. The fourth-order valence-electron chi connectivity index (χ4n) is 3.46. The van der Waals surface area contributed by atoms with Crippen molar-refractivity contribution in [3.63, 3.8) is 0 Å². The molecule has 0 aliphatic carbocycles. The van der Waals surface area contributed by atoms with Crippen LogP contribution in [0.1, 0.15) is 30.6 Å². The highest BCUT2D eigenvalue weighted by molar-refractivity contribution is 6.30. The topological polar surface area (TPSA) is 94.5 Å². The van der Waals surface area contributed by atoms with E-state index in [1.165, 1.54) is 10.9 Å². The maximum Gasteiger partial charge on any atom is 0.299 e. The number of anilines is 2. The molecule has 0 saturated carbocycles. The van der Waals surface area contributed by atoms with Crippen LogP contribution in [0.15, 0.2) is 83.8 Å². The molecule has 1 amide bonds. The van der Waals surface area contributed by atoms with Crippen molar-refractivity contribution in [1.82, 2.24) is 15.1 Å². The lowest BCUT2D eigenvalue weighted by Gasteiger charge is -2.16. The molecular weight excluding hydrogens is 492 g/mol. The number of amides is 1. The first-order valence-corrected chi connectivity index (χ1v) is 12.1. The van der Waals surface area contributed by atoms with Crippen LogP contribution in [0.25, 0.3) is 5.69 Å². The molecule has 9 heteroatoms. The van der Waals surface area contributed by atoms with E-state index in [4.69, 9.17) is 21.1 Å². The van der Waals surface area contributed by atoms with Gasteiger partial charge in [-0.05, 0) is 80.1 Å². The third-order valence-corrected chi connectivity index (χ3v) is 5.94. The van der Waals surface area contributed by atoms with E-state index in [2.05, 4.69) is 15.7 Å². The Morgan fingerprint density at radius 2 is 1.76 bits per heavy atom. The Morgan fingerprint density at radius 1 is 1.05 bits per heavy atom. The number of hydrogen-bond donors (Lipinski definition) is 2. The summed E-state index contributed by atoms with van der Waals surface area (Å²) in [7, 11) is 1.58. The Bertz CT molecular complexity index is 1440. The molecule has 0 saturated heterocycles. The van der Waals surface area contributed by atoms with E-state index >= 15 is 0 Å². The number of ether oxygens (including phenoxy) is 2. The number of rotatable bonds is 9. The number of aromatic nitrogens is 2. The summed E-state index contributed by atoms with van der Waals surface area (Å²) in [5, 5.41) is 10.9. The molecule has 0 spiro atoms. The molecule has 2 N–H and O–H groups in total. The second-order valence-electron chi connectivity index (χ2n) is 8.34. The molecule has 190 valence electrons. The molecular formula is C28H27ClN4O4. The van der Waals surface area contributed by atoms with Gasteiger partial charge >= 0.3 is 0 Å². The van der Waals surface area contributed by atoms with Crippen LogP contribution in [0.5, 0.6) is 17.2 Å². The van der Waals surface area contributed by atoms with Crippen molar-refractivity contribution < 1.29 is 14.3 Å². The van der Waals surface area contributed by atoms with E-state index in [1.807, 2.05) is 13.8 Å². The minimum Gasteiger partial charge on any atom is -0.497 e. The minimum absolute atomic E-state index is 0.0420. The summed E-state index contributed by atoms with van der Waals surface area (Å²) < 4.78 is 12.5. The van der Waals surface area contributed by atoms with E-state index < -0.39 is 5.56 Å². The maximum absolute atomic E-state index is 13.6. The highest BCUT2D eigenvalue weighted by Crippen LogP contribution is 2.30. The summed E-state index contributed by atoms with van der Waals surface area (Å²) in [4.78, 5) is 26.3. The molecule has 1 atom stereocenters. The number of nitrogens with one attached hydrogen (secondary N) is 2. The Hall–Kier alpha value is -4.30. The second kappa shape index (κ2) is 11.6. The first-order chi connectivity index (χ1) is 17.9. The van der Waals surface area contributed by atoms with Crippen LogP contribution in [0.2, 0.25) is 5.02 Å². The Kier molecular flexibility index (Phi) is 8.10. The summed E-state index contributed by atoms with van der Waals surface area (Å²) in [6, 6.07) is 20.7. The SMILES string of the molecule is CCC(C)NC(=O)c1cccc(Nc2c(Oc3ccc(OC)cc3)cnn(-c3ccc(Cl)cc3)c2=O)c1. The van der Waals surface area contributed by atoms with E-state index in [0.717, 1.165) is 6.42 Å². The number of nitrogens with zero attached hydrogens (tertiary/aromatic N) is 2. The highest BCUT2D eigenvalue weighted by Gasteiger charge is 2.17. The lowest BCUT2D eigenvalue weighted by Crippen LogP contribution is -2.31. The van der Waals surface area contributed by atoms with Gasteiger partial charge in [0.15, 0.2) is 11.4 Å². The van der Waals surface area contributed by atoms with Gasteiger partial charge in [-0.2, -0.15) is 9.78 Å². The lowest BCUT2D eigenvalue weighted by atomic mass is 10.1. The quantitative estimate of drug-likeness (QED) is 0.284. The smallest absolute Gasteiger partial charge is 0.299 e. The first kappa shape index (κ1) is 25.8. The van der Waals surface area contributed by atoms with E-state index in [1.54, 1.807) is 79.9 Å². The van der Waals surface area contributed by atoms with Gasteiger partial charge in [-0.1, -0.05) is 24.6 Å². The molecule has 0 aliphatic heterocycles. The van der Waals surface area contributed by atoms with Gasteiger partial charge < -0.3 is 20.1 Å². The number of carbonyl (C=O) groups is 1. The van der Waals surface area contributed by atoms with Crippen LogP contribution in [-0.2, 0) is 0 Å². The number of methoxy groups -OCH3 is 1. The van der Waals surface area contributed by atoms with Crippen LogP contribution in [-0.4, -0.2) is 28.8 Å². The van der Waals surface area contributed by atoms with Crippen molar-refractivity contribution in [2.75, 3.05) is 12.4 Å². The normalized spacial score (nSPS) is 11.5. The van der Waals surface area contributed by atoms with Crippen LogP contribution in [0.3, 0.4) is 0 Å². The minimum atomic E-state index is -0.442. The summed E-state index contributed by atoms with van der Waals surface area (Å²) in [6.07, 6.45) is 2.28. The first-order valence-electron chi connectivity index (χ1n) is 11.8. The van der Waals surface area contributed by atoms with E-state index in [0.29, 0.717) is 33.5 Å². The van der Waals surface area contributed by atoms with Crippen molar-refractivity contribution in [2.24, 2.45) is 0 Å². The molecule has 1 unspecified atom stereocenters. The van der Waals surface area contributed by atoms with Crippen LogP contribution < -0.4 is 25.7 Å². The van der Waals surface area contributed by atoms with Gasteiger partial charge in [0, 0.05) is 22.3 Å². The van der Waals surface area contributed by atoms with Crippen molar-refractivity contribution in [3.8, 4) is 22.9 Å².